The molecule has 1 aliphatic heterocycles. The molecule has 1 aliphatic carbocycles. The molecule has 4 amide bonds. The number of hydrogen-bond acceptors (Lipinski definition) is 7. The van der Waals surface area contributed by atoms with Crippen LogP contribution in [0.1, 0.15) is 50.5 Å². The second-order valence-electron chi connectivity index (χ2n) is 9.59. The zero-order chi connectivity index (χ0) is 27.2. The Balaban J connectivity index is 1.41. The van der Waals surface area contributed by atoms with Crippen molar-refractivity contribution in [3.05, 3.63) is 29.6 Å². The fraction of sp³-hybridized carbons (Fsp3) is 0.583. The number of guanidine groups is 1. The molecule has 0 unspecified atom stereocenters. The summed E-state index contributed by atoms with van der Waals surface area (Å²) in [5, 5.41) is 0. The van der Waals surface area contributed by atoms with Gasteiger partial charge in [0.15, 0.2) is 27.4 Å². The van der Waals surface area contributed by atoms with Crippen molar-refractivity contribution in [2.24, 2.45) is 22.4 Å². The van der Waals surface area contributed by atoms with Crippen molar-refractivity contribution < 1.29 is 31.9 Å². The third-order valence-corrected chi connectivity index (χ3v) is 8.19. The monoisotopic (exact) mass is 539 g/mol. The third-order valence-electron chi connectivity index (χ3n) is 6.27. The molecule has 2 aliphatic rings. The Morgan fingerprint density at radius 2 is 1.95 bits per heavy atom. The molecule has 2 fully saturated rings. The molecule has 0 radical (unpaired) electrons. The molecule has 0 aromatic heterocycles. The lowest BCUT2D eigenvalue weighted by molar-refractivity contribution is -0.137. The molecule has 0 spiro atoms. The summed E-state index contributed by atoms with van der Waals surface area (Å²) in [5.41, 5.74) is 11.0. The molecule has 3 rings (SSSR count). The number of carbonyl (C=O) groups is 3. The number of urea groups is 1. The maximum Gasteiger partial charge on any atom is 0.334 e. The van der Waals surface area contributed by atoms with Gasteiger partial charge in [-0.1, -0.05) is 19.4 Å². The second kappa shape index (κ2) is 12.3. The number of amides is 4. The van der Waals surface area contributed by atoms with Crippen LogP contribution in [0.3, 0.4) is 0 Å². The average Bonchev–Trinajstić information content (AvgIpc) is 3.60. The highest BCUT2D eigenvalue weighted by Crippen LogP contribution is 2.31. The van der Waals surface area contributed by atoms with Crippen LogP contribution in [0.4, 0.5) is 9.18 Å². The number of ether oxygens (including phenoxy) is 1. The summed E-state index contributed by atoms with van der Waals surface area (Å²) in [7, 11) is -3.38. The van der Waals surface area contributed by atoms with E-state index in [-0.39, 0.29) is 42.2 Å². The van der Waals surface area contributed by atoms with Crippen molar-refractivity contribution in [2.45, 2.75) is 44.9 Å². The number of halogens is 1. The van der Waals surface area contributed by atoms with Gasteiger partial charge in [0.25, 0.3) is 11.8 Å². The molecule has 37 heavy (non-hydrogen) atoms. The highest BCUT2D eigenvalue weighted by Gasteiger charge is 2.39. The molecule has 204 valence electrons. The lowest BCUT2D eigenvalue weighted by Gasteiger charge is -2.16. The maximum absolute atomic E-state index is 14.0. The standard InChI is InChI=1S/C24H34FN5O6S/c1-16(18-7-8-19(25)20(11-18)36-14-17-5-6-17)15-37(34,35)10-4-2-3-9-29-13-22(32)30(24(29)33)21(31)12-28-23(26)27/h7-8,11,16-17H,2-6,9-10,12-15H2,1H3,(H4,26,27,28)/t16-/m0/s1. The number of benzene rings is 1. The number of nitrogens with zero attached hydrogens (tertiary/aromatic N) is 3. The third kappa shape index (κ3) is 8.41. The molecular formula is C24H34FN5O6S. The molecule has 1 heterocycles. The van der Waals surface area contributed by atoms with Crippen LogP contribution in [0.25, 0.3) is 0 Å². The molecule has 1 aromatic carbocycles. The minimum Gasteiger partial charge on any atom is -0.490 e. The van der Waals surface area contributed by atoms with E-state index < -0.39 is 40.0 Å². The van der Waals surface area contributed by atoms with E-state index in [1.54, 1.807) is 19.1 Å². The zero-order valence-electron chi connectivity index (χ0n) is 20.9. The quantitative estimate of drug-likeness (QED) is 0.155. The number of aliphatic imine (C=N–C) groups is 1. The van der Waals surface area contributed by atoms with Crippen LogP contribution in [0, 0.1) is 11.7 Å². The molecule has 11 nitrogen and oxygen atoms in total. The first-order chi connectivity index (χ1) is 17.5. The summed E-state index contributed by atoms with van der Waals surface area (Å²) in [6.45, 7) is 1.73. The Labute approximate surface area is 215 Å². The molecule has 1 aromatic rings. The number of carbonyl (C=O) groups excluding carboxylic acids is 3. The lowest BCUT2D eigenvalue weighted by Crippen LogP contribution is -2.40. The number of rotatable bonds is 14. The first kappa shape index (κ1) is 28.4. The van der Waals surface area contributed by atoms with E-state index in [9.17, 15) is 27.2 Å². The molecule has 4 N–H and O–H groups in total. The largest absolute Gasteiger partial charge is 0.490 e. The molecule has 0 bridgehead atoms. The van der Waals surface area contributed by atoms with Gasteiger partial charge < -0.3 is 21.1 Å². The first-order valence-corrected chi connectivity index (χ1v) is 14.1. The lowest BCUT2D eigenvalue weighted by atomic mass is 10.0. The number of imide groups is 3. The van der Waals surface area contributed by atoms with E-state index in [2.05, 4.69) is 4.99 Å². The van der Waals surface area contributed by atoms with Gasteiger partial charge in [0.05, 0.1) is 18.1 Å². The van der Waals surface area contributed by atoms with Crippen molar-refractivity contribution in [1.82, 2.24) is 9.80 Å². The van der Waals surface area contributed by atoms with Crippen molar-refractivity contribution in [3.63, 3.8) is 0 Å². The van der Waals surface area contributed by atoms with E-state index >= 15 is 0 Å². The topological polar surface area (TPSA) is 165 Å². The van der Waals surface area contributed by atoms with Crippen molar-refractivity contribution >= 4 is 33.6 Å². The molecular weight excluding hydrogens is 505 g/mol. The van der Waals surface area contributed by atoms with Gasteiger partial charge in [-0.25, -0.2) is 22.6 Å². The van der Waals surface area contributed by atoms with Gasteiger partial charge in [-0.15, -0.1) is 0 Å². The maximum atomic E-state index is 14.0. The number of unbranched alkanes of at least 4 members (excludes halogenated alkanes) is 2. The van der Waals surface area contributed by atoms with Gasteiger partial charge in [-0.3, -0.25) is 9.59 Å². The Morgan fingerprint density at radius 3 is 2.62 bits per heavy atom. The predicted octanol–water partition coefficient (Wildman–Crippen LogP) is 1.37. The Hall–Kier alpha value is -3.22. The van der Waals surface area contributed by atoms with Crippen LogP contribution >= 0.6 is 0 Å². The number of sulfone groups is 1. The number of nitrogens with two attached hydrogens (primary N) is 2. The summed E-state index contributed by atoms with van der Waals surface area (Å²) >= 11 is 0. The molecule has 1 atom stereocenters. The Bertz CT molecular complexity index is 1150. The van der Waals surface area contributed by atoms with Crippen LogP contribution in [0.2, 0.25) is 0 Å². The van der Waals surface area contributed by atoms with Gasteiger partial charge >= 0.3 is 6.03 Å². The van der Waals surface area contributed by atoms with E-state index in [1.807, 2.05) is 0 Å². The van der Waals surface area contributed by atoms with E-state index in [0.29, 0.717) is 42.3 Å². The minimum atomic E-state index is -3.38. The summed E-state index contributed by atoms with van der Waals surface area (Å²) < 4.78 is 44.9. The first-order valence-electron chi connectivity index (χ1n) is 12.3. The molecule has 1 saturated heterocycles. The molecule has 1 saturated carbocycles. The summed E-state index contributed by atoms with van der Waals surface area (Å²) in [6.07, 6.45) is 3.54. The van der Waals surface area contributed by atoms with E-state index in [0.717, 1.165) is 12.8 Å². The predicted molar refractivity (Wildman–Crippen MR) is 135 cm³/mol. The highest BCUT2D eigenvalue weighted by molar-refractivity contribution is 7.91. The SMILES string of the molecule is C[C@@H](CS(=O)(=O)CCCCCN1CC(=O)N(C(=O)CN=C(N)N)C1=O)c1ccc(F)c(OCC2CC2)c1. The van der Waals surface area contributed by atoms with Gasteiger partial charge in [0.2, 0.25) is 0 Å². The average molecular weight is 540 g/mol. The minimum absolute atomic E-state index is 0.0282. The van der Waals surface area contributed by atoms with Crippen molar-refractivity contribution in [1.29, 1.82) is 0 Å². The summed E-state index contributed by atoms with van der Waals surface area (Å²) in [5.74, 6) is -2.06. The van der Waals surface area contributed by atoms with Gasteiger partial charge in [-0.05, 0) is 55.2 Å². The van der Waals surface area contributed by atoms with Crippen LogP contribution in [0.15, 0.2) is 23.2 Å². The fourth-order valence-corrected chi connectivity index (χ4v) is 5.76. The van der Waals surface area contributed by atoms with Crippen LogP contribution in [0.5, 0.6) is 5.75 Å². The summed E-state index contributed by atoms with van der Waals surface area (Å²) in [6, 6.07) is 3.74. The molecule has 13 heteroatoms. The van der Waals surface area contributed by atoms with Crippen LogP contribution in [-0.4, -0.2) is 79.8 Å². The fourth-order valence-electron chi connectivity index (χ4n) is 3.99. The summed E-state index contributed by atoms with van der Waals surface area (Å²) in [4.78, 5) is 41.7. The van der Waals surface area contributed by atoms with E-state index in [4.69, 9.17) is 16.2 Å². The van der Waals surface area contributed by atoms with Crippen molar-refractivity contribution in [2.75, 3.05) is 37.7 Å². The highest BCUT2D eigenvalue weighted by atomic mass is 32.2. The normalized spacial score (nSPS) is 16.7. The smallest absolute Gasteiger partial charge is 0.334 e. The van der Waals surface area contributed by atoms with Gasteiger partial charge in [0.1, 0.15) is 13.1 Å². The van der Waals surface area contributed by atoms with Gasteiger partial charge in [0, 0.05) is 6.54 Å². The van der Waals surface area contributed by atoms with Crippen molar-refractivity contribution in [3.8, 4) is 5.75 Å². The number of hydrogen-bond donors (Lipinski definition) is 2. The van der Waals surface area contributed by atoms with Crippen LogP contribution in [-0.2, 0) is 19.4 Å². The Kier molecular flexibility index (Phi) is 9.46. The van der Waals surface area contributed by atoms with Crippen LogP contribution < -0.4 is 16.2 Å². The Morgan fingerprint density at radius 1 is 1.22 bits per heavy atom. The second-order valence-corrected chi connectivity index (χ2v) is 11.8. The van der Waals surface area contributed by atoms with Gasteiger partial charge in [-0.2, -0.15) is 4.90 Å². The van der Waals surface area contributed by atoms with E-state index in [1.165, 1.54) is 11.0 Å². The zero-order valence-corrected chi connectivity index (χ0v) is 21.7.